The number of carboxylic acid groups (broad SMARTS) is 1. The van der Waals surface area contributed by atoms with Crippen molar-refractivity contribution < 1.29 is 46.9 Å². The summed E-state index contributed by atoms with van der Waals surface area (Å²) in [5.41, 5.74) is -4.23. The highest BCUT2D eigenvalue weighted by Gasteiger charge is 2.50. The number of carbonyl (C=O) groups is 4. The molecule has 0 spiro atoms. The predicted octanol–water partition coefficient (Wildman–Crippen LogP) is 7.25. The van der Waals surface area contributed by atoms with E-state index in [1.165, 1.54) is 25.1 Å². The highest BCUT2D eigenvalue weighted by molar-refractivity contribution is 6.14. The highest BCUT2D eigenvalue weighted by Crippen LogP contribution is 2.43. The van der Waals surface area contributed by atoms with Crippen molar-refractivity contribution in [2.75, 3.05) is 9.80 Å². The number of hydrogen-bond donors (Lipinski definition) is 1. The van der Waals surface area contributed by atoms with E-state index in [1.807, 2.05) is 0 Å². The molecule has 1 aliphatic rings. The number of carboxylic acids is 1. The fourth-order valence-corrected chi connectivity index (χ4v) is 6.10. The van der Waals surface area contributed by atoms with Crippen molar-refractivity contribution in [3.05, 3.63) is 124 Å². The molecule has 5 rings (SSSR count). The number of ether oxygens (including phenoxy) is 2. The number of nitrogens with zero attached hydrogens (tertiary/aromatic N) is 4. The Balaban J connectivity index is 1.65. The van der Waals surface area contributed by atoms with Crippen LogP contribution < -0.4 is 15.4 Å². The summed E-state index contributed by atoms with van der Waals surface area (Å²) in [4.78, 5) is 74.5. The topological polar surface area (TPSA) is 148 Å². The van der Waals surface area contributed by atoms with Crippen LogP contribution in [0, 0.1) is 0 Å². The van der Waals surface area contributed by atoms with E-state index in [0.29, 0.717) is 5.56 Å². The van der Waals surface area contributed by atoms with E-state index in [9.17, 15) is 42.3 Å². The number of rotatable bonds is 9. The largest absolute Gasteiger partial charge is 0.481 e. The standard InChI is InChI=1S/C38H37F3N4O8/c1-36(2,3)53-35(51)44(27-16-9-6-10-17-27)31(48)28-19-37(4,20-30(46)47)33-42-21-29(32(49)45(28)33)43(34(50)52-23-24-12-7-5-8-13-24)22-25-14-11-15-26(18-25)38(39,40)41/h5-18,21,28H,19-20,22-23H2,1-4H3,(H,46,47)/t28-,37+/m0/s1. The average Bonchev–Trinajstić information content (AvgIpc) is 3.38. The van der Waals surface area contributed by atoms with Gasteiger partial charge in [-0.25, -0.2) is 19.5 Å². The van der Waals surface area contributed by atoms with Crippen LogP contribution in [0.25, 0.3) is 0 Å². The number of imide groups is 1. The van der Waals surface area contributed by atoms with Gasteiger partial charge in [0.15, 0.2) is 0 Å². The Hall–Kier alpha value is -5.99. The van der Waals surface area contributed by atoms with Crippen LogP contribution in [0.15, 0.2) is 95.9 Å². The quantitative estimate of drug-likeness (QED) is 0.188. The second-order valence-corrected chi connectivity index (χ2v) is 13.8. The third-order valence-electron chi connectivity index (χ3n) is 8.42. The molecule has 3 aromatic carbocycles. The van der Waals surface area contributed by atoms with Crippen LogP contribution in [0.3, 0.4) is 0 Å². The molecule has 0 aliphatic carbocycles. The molecule has 0 fully saturated rings. The fraction of sp³-hybridized carbons (Fsp3) is 0.316. The summed E-state index contributed by atoms with van der Waals surface area (Å²) in [7, 11) is 0. The van der Waals surface area contributed by atoms with E-state index in [-0.39, 0.29) is 30.1 Å². The van der Waals surface area contributed by atoms with Gasteiger partial charge >= 0.3 is 24.3 Å². The van der Waals surface area contributed by atoms with Gasteiger partial charge in [-0.3, -0.25) is 23.9 Å². The molecule has 4 aromatic rings. The van der Waals surface area contributed by atoms with Crippen molar-refractivity contribution in [2.45, 2.75) is 76.9 Å². The number of benzene rings is 3. The molecule has 53 heavy (non-hydrogen) atoms. The second-order valence-electron chi connectivity index (χ2n) is 13.8. The number of para-hydroxylation sites is 1. The maximum Gasteiger partial charge on any atom is 0.421 e. The van der Waals surface area contributed by atoms with Crippen molar-refractivity contribution in [3.8, 4) is 0 Å². The summed E-state index contributed by atoms with van der Waals surface area (Å²) in [6, 6.07) is 18.9. The second kappa shape index (κ2) is 14.9. The fourth-order valence-electron chi connectivity index (χ4n) is 6.10. The molecule has 0 unspecified atom stereocenters. The van der Waals surface area contributed by atoms with Crippen LogP contribution in [-0.2, 0) is 43.8 Å². The number of halogens is 3. The van der Waals surface area contributed by atoms with Gasteiger partial charge in [0.2, 0.25) is 0 Å². The Morgan fingerprint density at radius 1 is 0.925 bits per heavy atom. The number of aromatic nitrogens is 2. The molecule has 12 nitrogen and oxygen atoms in total. The SMILES string of the molecule is CC(C)(C)OC(=O)N(C(=O)[C@@H]1C[C@](C)(CC(=O)O)c2ncc(N(Cc3cccc(C(F)(F)F)c3)C(=O)OCc3ccccc3)c(=O)n21)c1ccccc1. The van der Waals surface area contributed by atoms with Crippen LogP contribution in [0.2, 0.25) is 0 Å². The monoisotopic (exact) mass is 734 g/mol. The van der Waals surface area contributed by atoms with Crippen LogP contribution in [0.5, 0.6) is 0 Å². The van der Waals surface area contributed by atoms with Gasteiger partial charge in [-0.05, 0) is 62.6 Å². The summed E-state index contributed by atoms with van der Waals surface area (Å²) in [5.74, 6) is -2.31. The molecular formula is C38H37F3N4O8. The molecule has 1 aromatic heterocycles. The number of hydrogen-bond acceptors (Lipinski definition) is 8. The maximum atomic E-state index is 14.6. The van der Waals surface area contributed by atoms with E-state index in [1.54, 1.807) is 69.3 Å². The lowest BCUT2D eigenvalue weighted by molar-refractivity contribution is -0.139. The van der Waals surface area contributed by atoms with Gasteiger partial charge < -0.3 is 14.6 Å². The minimum absolute atomic E-state index is 0.00935. The zero-order valence-corrected chi connectivity index (χ0v) is 29.3. The minimum atomic E-state index is -4.70. The van der Waals surface area contributed by atoms with Gasteiger partial charge in [-0.1, -0.05) is 67.6 Å². The molecule has 1 aliphatic heterocycles. The summed E-state index contributed by atoms with van der Waals surface area (Å²) < 4.78 is 52.9. The first-order chi connectivity index (χ1) is 24.9. The van der Waals surface area contributed by atoms with E-state index >= 15 is 0 Å². The Kier molecular flexibility index (Phi) is 10.8. The lowest BCUT2D eigenvalue weighted by Gasteiger charge is -2.29. The predicted molar refractivity (Wildman–Crippen MR) is 186 cm³/mol. The molecule has 2 atom stereocenters. The maximum absolute atomic E-state index is 14.6. The van der Waals surface area contributed by atoms with Crippen LogP contribution in [-0.4, -0.2) is 44.3 Å². The van der Waals surface area contributed by atoms with E-state index in [0.717, 1.165) is 38.8 Å². The molecule has 0 saturated carbocycles. The Bertz CT molecular complexity index is 2070. The van der Waals surface area contributed by atoms with Gasteiger partial charge in [0, 0.05) is 5.41 Å². The van der Waals surface area contributed by atoms with Gasteiger partial charge in [0.1, 0.15) is 29.8 Å². The van der Waals surface area contributed by atoms with Crippen LogP contribution in [0.4, 0.5) is 34.1 Å². The first-order valence-corrected chi connectivity index (χ1v) is 16.5. The molecule has 1 N–H and O–H groups in total. The Morgan fingerprint density at radius 2 is 1.55 bits per heavy atom. The van der Waals surface area contributed by atoms with Crippen molar-refractivity contribution in [1.29, 1.82) is 0 Å². The number of fused-ring (bicyclic) bond motifs is 1. The molecule has 15 heteroatoms. The molecule has 278 valence electrons. The first kappa shape index (κ1) is 38.2. The van der Waals surface area contributed by atoms with Crippen molar-refractivity contribution >= 4 is 35.4 Å². The molecule has 0 radical (unpaired) electrons. The number of anilines is 2. The zero-order valence-electron chi connectivity index (χ0n) is 29.3. The summed E-state index contributed by atoms with van der Waals surface area (Å²) >= 11 is 0. The normalized spacial score (nSPS) is 16.7. The molecule has 0 bridgehead atoms. The van der Waals surface area contributed by atoms with Gasteiger partial charge in [0.05, 0.1) is 30.4 Å². The minimum Gasteiger partial charge on any atom is -0.481 e. The molecule has 0 saturated heterocycles. The molecule has 3 amide bonds. The van der Waals surface area contributed by atoms with Crippen LogP contribution in [0.1, 0.15) is 69.1 Å². The van der Waals surface area contributed by atoms with Gasteiger partial charge in [-0.15, -0.1) is 0 Å². The number of alkyl halides is 3. The van der Waals surface area contributed by atoms with Crippen molar-refractivity contribution in [1.82, 2.24) is 9.55 Å². The van der Waals surface area contributed by atoms with Crippen LogP contribution >= 0.6 is 0 Å². The lowest BCUT2D eigenvalue weighted by atomic mass is 9.82. The summed E-state index contributed by atoms with van der Waals surface area (Å²) in [6.45, 7) is 5.48. The number of carbonyl (C=O) groups excluding carboxylic acids is 3. The van der Waals surface area contributed by atoms with Gasteiger partial charge in [-0.2, -0.15) is 13.2 Å². The molecule has 2 heterocycles. The lowest BCUT2D eigenvalue weighted by Crippen LogP contribution is -2.46. The van der Waals surface area contributed by atoms with Crippen molar-refractivity contribution in [3.63, 3.8) is 0 Å². The Morgan fingerprint density at radius 3 is 2.15 bits per heavy atom. The summed E-state index contributed by atoms with van der Waals surface area (Å²) in [6.07, 6.45) is -6.73. The van der Waals surface area contributed by atoms with Crippen molar-refractivity contribution in [2.24, 2.45) is 0 Å². The number of aliphatic carboxylic acids is 1. The zero-order chi connectivity index (χ0) is 38.7. The number of amides is 3. The Labute approximate surface area is 302 Å². The summed E-state index contributed by atoms with van der Waals surface area (Å²) in [5, 5.41) is 9.84. The van der Waals surface area contributed by atoms with E-state index in [2.05, 4.69) is 4.98 Å². The first-order valence-electron chi connectivity index (χ1n) is 16.5. The van der Waals surface area contributed by atoms with E-state index in [4.69, 9.17) is 9.47 Å². The third-order valence-corrected chi connectivity index (χ3v) is 8.42. The third kappa shape index (κ3) is 8.73. The smallest absolute Gasteiger partial charge is 0.421 e. The van der Waals surface area contributed by atoms with E-state index < -0.39 is 77.1 Å². The highest BCUT2D eigenvalue weighted by atomic mass is 19.4. The average molecular weight is 735 g/mol. The molecular weight excluding hydrogens is 697 g/mol. The van der Waals surface area contributed by atoms with Gasteiger partial charge in [0.25, 0.3) is 11.5 Å².